The molecule has 1 saturated carbocycles. The Hall–Kier alpha value is -0.470. The van der Waals surface area contributed by atoms with Gasteiger partial charge in [-0.1, -0.05) is 0 Å². The van der Waals surface area contributed by atoms with Crippen LogP contribution in [0.5, 0.6) is 0 Å². The van der Waals surface area contributed by atoms with Gasteiger partial charge in [-0.3, -0.25) is 0 Å². The predicted octanol–water partition coefficient (Wildman–Crippen LogP) is 1.66. The summed E-state index contributed by atoms with van der Waals surface area (Å²) < 4.78 is 32.0. The van der Waals surface area contributed by atoms with E-state index in [0.717, 1.165) is 17.8 Å². The standard InChI is InChI=1S/C14H22N2O3S2/c1-19-9-11-4-5-16(8-11)21(17,18)14-6-13(20-10-14)7-15-12-2-3-12/h6,10-12,15H,2-5,7-9H2,1H3. The van der Waals surface area contributed by atoms with Crippen molar-refractivity contribution >= 4 is 21.4 Å². The van der Waals surface area contributed by atoms with E-state index in [-0.39, 0.29) is 0 Å². The van der Waals surface area contributed by atoms with Crippen LogP contribution in [0.15, 0.2) is 16.3 Å². The lowest BCUT2D eigenvalue weighted by Gasteiger charge is -2.15. The largest absolute Gasteiger partial charge is 0.384 e. The number of nitrogens with zero attached hydrogens (tertiary/aromatic N) is 1. The quantitative estimate of drug-likeness (QED) is 0.826. The molecule has 0 bridgehead atoms. The first-order valence-corrected chi connectivity index (χ1v) is 9.71. The van der Waals surface area contributed by atoms with E-state index in [1.807, 2.05) is 6.07 Å². The van der Waals surface area contributed by atoms with Crippen molar-refractivity contribution in [2.45, 2.75) is 36.7 Å². The number of ether oxygens (including phenoxy) is 1. The van der Waals surface area contributed by atoms with Gasteiger partial charge < -0.3 is 10.1 Å². The molecule has 1 unspecified atom stereocenters. The van der Waals surface area contributed by atoms with E-state index in [0.29, 0.717) is 36.6 Å². The smallest absolute Gasteiger partial charge is 0.243 e. The minimum Gasteiger partial charge on any atom is -0.384 e. The number of thiophene rings is 1. The van der Waals surface area contributed by atoms with Gasteiger partial charge in [-0.15, -0.1) is 11.3 Å². The molecule has 118 valence electrons. The molecule has 1 aliphatic heterocycles. The molecular weight excluding hydrogens is 308 g/mol. The maximum absolute atomic E-state index is 12.6. The van der Waals surface area contributed by atoms with Crippen LogP contribution >= 0.6 is 11.3 Å². The third-order valence-corrected chi connectivity index (χ3v) is 6.99. The average molecular weight is 330 g/mol. The van der Waals surface area contributed by atoms with E-state index in [9.17, 15) is 8.42 Å². The van der Waals surface area contributed by atoms with Crippen LogP contribution < -0.4 is 5.32 Å². The Bertz CT molecular complexity index is 581. The lowest BCUT2D eigenvalue weighted by atomic mass is 10.1. The van der Waals surface area contributed by atoms with Gasteiger partial charge in [-0.05, 0) is 31.2 Å². The summed E-state index contributed by atoms with van der Waals surface area (Å²) in [6.45, 7) is 2.58. The first-order valence-electron chi connectivity index (χ1n) is 7.39. The molecule has 1 N–H and O–H groups in total. The highest BCUT2D eigenvalue weighted by molar-refractivity contribution is 7.89. The highest BCUT2D eigenvalue weighted by Gasteiger charge is 2.33. The van der Waals surface area contributed by atoms with Crippen LogP contribution in [-0.4, -0.2) is 45.6 Å². The molecule has 0 radical (unpaired) electrons. The molecule has 2 fully saturated rings. The molecule has 1 aromatic heterocycles. The first-order chi connectivity index (χ1) is 10.1. The van der Waals surface area contributed by atoms with Crippen molar-refractivity contribution in [2.24, 2.45) is 5.92 Å². The summed E-state index contributed by atoms with van der Waals surface area (Å²) in [5.41, 5.74) is 0. The van der Waals surface area contributed by atoms with Gasteiger partial charge in [0.25, 0.3) is 0 Å². The fourth-order valence-corrected chi connectivity index (χ4v) is 5.40. The summed E-state index contributed by atoms with van der Waals surface area (Å²) in [7, 11) is -1.67. The van der Waals surface area contributed by atoms with Gasteiger partial charge in [0.2, 0.25) is 10.0 Å². The van der Waals surface area contributed by atoms with Gasteiger partial charge in [0.05, 0.1) is 11.5 Å². The minimum absolute atomic E-state index is 0.319. The van der Waals surface area contributed by atoms with Crippen molar-refractivity contribution in [3.8, 4) is 0 Å². The summed E-state index contributed by atoms with van der Waals surface area (Å²) >= 11 is 1.52. The number of hydrogen-bond acceptors (Lipinski definition) is 5. The number of sulfonamides is 1. The normalized spacial score (nSPS) is 23.8. The van der Waals surface area contributed by atoms with Crippen molar-refractivity contribution in [3.63, 3.8) is 0 Å². The Kier molecular flexibility index (Phi) is 4.66. The van der Waals surface area contributed by atoms with Crippen LogP contribution in [0.3, 0.4) is 0 Å². The fourth-order valence-electron chi connectivity index (χ4n) is 2.66. The van der Waals surface area contributed by atoms with Gasteiger partial charge in [-0.25, -0.2) is 8.42 Å². The van der Waals surface area contributed by atoms with Gasteiger partial charge in [0.1, 0.15) is 0 Å². The highest BCUT2D eigenvalue weighted by Crippen LogP contribution is 2.28. The molecule has 0 spiro atoms. The van der Waals surface area contributed by atoms with Gasteiger partial charge in [0, 0.05) is 43.0 Å². The molecule has 1 saturated heterocycles. The highest BCUT2D eigenvalue weighted by atomic mass is 32.2. The zero-order valence-corrected chi connectivity index (χ0v) is 13.9. The molecule has 3 rings (SSSR count). The average Bonchev–Trinajstić information content (AvgIpc) is 2.97. The Morgan fingerprint density at radius 3 is 2.95 bits per heavy atom. The monoisotopic (exact) mass is 330 g/mol. The molecule has 0 amide bonds. The summed E-state index contributed by atoms with van der Waals surface area (Å²) in [6.07, 6.45) is 3.36. The zero-order chi connectivity index (χ0) is 14.9. The Labute approximate surface area is 130 Å². The fraction of sp³-hybridized carbons (Fsp3) is 0.714. The topological polar surface area (TPSA) is 58.6 Å². The third kappa shape index (κ3) is 3.65. The van der Waals surface area contributed by atoms with Crippen molar-refractivity contribution in [2.75, 3.05) is 26.8 Å². The maximum atomic E-state index is 12.6. The van der Waals surface area contributed by atoms with Crippen LogP contribution in [-0.2, 0) is 21.3 Å². The van der Waals surface area contributed by atoms with E-state index in [1.54, 1.807) is 16.8 Å². The molecule has 5 nitrogen and oxygen atoms in total. The SMILES string of the molecule is COCC1CCN(S(=O)(=O)c2csc(CNC3CC3)c2)C1. The summed E-state index contributed by atoms with van der Waals surface area (Å²) in [6, 6.07) is 2.46. The van der Waals surface area contributed by atoms with Crippen LogP contribution in [0.4, 0.5) is 0 Å². The van der Waals surface area contributed by atoms with Crippen LogP contribution in [0.1, 0.15) is 24.1 Å². The lowest BCUT2D eigenvalue weighted by molar-refractivity contribution is 0.157. The summed E-state index contributed by atoms with van der Waals surface area (Å²) in [5.74, 6) is 0.319. The molecule has 2 aliphatic rings. The van der Waals surface area contributed by atoms with Crippen molar-refractivity contribution in [1.29, 1.82) is 0 Å². The summed E-state index contributed by atoms with van der Waals surface area (Å²) in [4.78, 5) is 1.53. The first kappa shape index (κ1) is 15.4. The van der Waals surface area contributed by atoms with E-state index < -0.39 is 10.0 Å². The van der Waals surface area contributed by atoms with Gasteiger partial charge >= 0.3 is 0 Å². The second kappa shape index (κ2) is 6.34. The zero-order valence-electron chi connectivity index (χ0n) is 12.2. The van der Waals surface area contributed by atoms with E-state index in [2.05, 4.69) is 5.32 Å². The number of hydrogen-bond donors (Lipinski definition) is 1. The second-order valence-electron chi connectivity index (χ2n) is 5.88. The van der Waals surface area contributed by atoms with E-state index in [4.69, 9.17) is 4.74 Å². The molecular formula is C14H22N2O3S2. The third-order valence-electron chi connectivity index (χ3n) is 4.06. The minimum atomic E-state index is -3.33. The molecule has 0 aromatic carbocycles. The van der Waals surface area contributed by atoms with Crippen LogP contribution in [0, 0.1) is 5.92 Å². The molecule has 1 aliphatic carbocycles. The second-order valence-corrected chi connectivity index (χ2v) is 8.81. The molecule has 21 heavy (non-hydrogen) atoms. The summed E-state index contributed by atoms with van der Waals surface area (Å²) in [5, 5.41) is 5.18. The lowest BCUT2D eigenvalue weighted by Crippen LogP contribution is -2.29. The molecule has 1 atom stereocenters. The Morgan fingerprint density at radius 2 is 2.24 bits per heavy atom. The predicted molar refractivity (Wildman–Crippen MR) is 82.9 cm³/mol. The van der Waals surface area contributed by atoms with E-state index >= 15 is 0 Å². The van der Waals surface area contributed by atoms with Crippen molar-refractivity contribution in [1.82, 2.24) is 9.62 Å². The van der Waals surface area contributed by atoms with E-state index in [1.165, 1.54) is 24.2 Å². The number of nitrogens with one attached hydrogen (secondary N) is 1. The molecule has 7 heteroatoms. The van der Waals surface area contributed by atoms with Crippen molar-refractivity contribution < 1.29 is 13.2 Å². The van der Waals surface area contributed by atoms with Gasteiger partial charge in [0.15, 0.2) is 0 Å². The molecule has 1 aromatic rings. The Morgan fingerprint density at radius 1 is 1.43 bits per heavy atom. The van der Waals surface area contributed by atoms with Gasteiger partial charge in [-0.2, -0.15) is 4.31 Å². The van der Waals surface area contributed by atoms with Crippen molar-refractivity contribution in [3.05, 3.63) is 16.3 Å². The maximum Gasteiger partial charge on any atom is 0.243 e. The van der Waals surface area contributed by atoms with Crippen LogP contribution in [0.25, 0.3) is 0 Å². The number of rotatable bonds is 7. The van der Waals surface area contributed by atoms with Crippen LogP contribution in [0.2, 0.25) is 0 Å². The molecule has 2 heterocycles. The Balaban J connectivity index is 1.64. The number of methoxy groups -OCH3 is 1.